The maximum atomic E-state index is 12.8. The van der Waals surface area contributed by atoms with Gasteiger partial charge in [-0.3, -0.25) is 4.79 Å². The molecule has 0 atom stereocenters. The van der Waals surface area contributed by atoms with E-state index < -0.39 is 11.7 Å². The Morgan fingerprint density at radius 3 is 2.52 bits per heavy atom. The van der Waals surface area contributed by atoms with Crippen molar-refractivity contribution in [3.05, 3.63) is 35.4 Å². The molecule has 1 saturated carbocycles. The minimum Gasteiger partial charge on any atom is -0.354 e. The summed E-state index contributed by atoms with van der Waals surface area (Å²) in [6.07, 6.45) is -0.0663. The zero-order valence-corrected chi connectivity index (χ0v) is 17.8. The molecule has 0 radical (unpaired) electrons. The number of hydrogen-bond donors (Lipinski definition) is 2. The SMILES string of the molecule is CN(C)C(=O)CNC(=NCc1cccc(C(F)(F)F)c1)NC1CCCC1.I. The van der Waals surface area contributed by atoms with Crippen LogP contribution in [0.1, 0.15) is 36.8 Å². The summed E-state index contributed by atoms with van der Waals surface area (Å²) in [7, 11) is 3.32. The number of nitrogens with zero attached hydrogens (tertiary/aromatic N) is 2. The van der Waals surface area contributed by atoms with Crippen LogP contribution in [0.25, 0.3) is 0 Å². The van der Waals surface area contributed by atoms with Crippen molar-refractivity contribution in [2.24, 2.45) is 4.99 Å². The average molecular weight is 498 g/mol. The van der Waals surface area contributed by atoms with Gasteiger partial charge in [0, 0.05) is 20.1 Å². The second-order valence-corrected chi connectivity index (χ2v) is 6.63. The average Bonchev–Trinajstić information content (AvgIpc) is 3.09. The molecule has 1 aromatic rings. The number of likely N-dealkylation sites (N-methyl/N-ethyl adjacent to an activating group) is 1. The zero-order chi connectivity index (χ0) is 19.2. The molecular formula is C18H26F3IN4O. The molecule has 5 nitrogen and oxygen atoms in total. The van der Waals surface area contributed by atoms with Gasteiger partial charge in [-0.05, 0) is 30.5 Å². The number of benzene rings is 1. The van der Waals surface area contributed by atoms with Crippen molar-refractivity contribution in [2.45, 2.75) is 44.4 Å². The molecule has 2 rings (SSSR count). The van der Waals surface area contributed by atoms with E-state index >= 15 is 0 Å². The Balaban J connectivity index is 0.00000364. The van der Waals surface area contributed by atoms with Gasteiger partial charge in [-0.15, -0.1) is 24.0 Å². The highest BCUT2D eigenvalue weighted by atomic mass is 127. The first-order valence-electron chi connectivity index (χ1n) is 8.67. The molecule has 1 amide bonds. The molecule has 1 aliphatic rings. The number of carbonyl (C=O) groups is 1. The van der Waals surface area contributed by atoms with Crippen LogP contribution in [0.3, 0.4) is 0 Å². The number of alkyl halides is 3. The molecule has 0 aromatic heterocycles. The van der Waals surface area contributed by atoms with Gasteiger partial charge >= 0.3 is 6.18 Å². The summed E-state index contributed by atoms with van der Waals surface area (Å²) in [5.41, 5.74) is -0.225. The molecule has 0 heterocycles. The molecular weight excluding hydrogens is 472 g/mol. The first-order valence-corrected chi connectivity index (χ1v) is 8.67. The highest BCUT2D eigenvalue weighted by Gasteiger charge is 2.30. The fourth-order valence-electron chi connectivity index (χ4n) is 2.75. The van der Waals surface area contributed by atoms with Gasteiger partial charge in [0.2, 0.25) is 5.91 Å². The van der Waals surface area contributed by atoms with E-state index in [2.05, 4.69) is 15.6 Å². The van der Waals surface area contributed by atoms with E-state index in [9.17, 15) is 18.0 Å². The van der Waals surface area contributed by atoms with E-state index in [0.29, 0.717) is 11.5 Å². The van der Waals surface area contributed by atoms with Crippen molar-refractivity contribution in [2.75, 3.05) is 20.6 Å². The van der Waals surface area contributed by atoms with Crippen molar-refractivity contribution in [1.29, 1.82) is 0 Å². The highest BCUT2D eigenvalue weighted by Crippen LogP contribution is 2.29. The van der Waals surface area contributed by atoms with Crippen molar-refractivity contribution >= 4 is 35.8 Å². The fourth-order valence-corrected chi connectivity index (χ4v) is 2.75. The first-order chi connectivity index (χ1) is 12.3. The van der Waals surface area contributed by atoms with Crippen LogP contribution < -0.4 is 10.6 Å². The summed E-state index contributed by atoms with van der Waals surface area (Å²) >= 11 is 0. The molecule has 152 valence electrons. The minimum absolute atomic E-state index is 0. The van der Waals surface area contributed by atoms with E-state index in [1.54, 1.807) is 20.2 Å². The number of nitrogens with one attached hydrogen (secondary N) is 2. The van der Waals surface area contributed by atoms with E-state index in [1.807, 2.05) is 0 Å². The Kier molecular flexibility index (Phi) is 9.34. The van der Waals surface area contributed by atoms with Crippen molar-refractivity contribution in [3.8, 4) is 0 Å². The second kappa shape index (κ2) is 10.7. The van der Waals surface area contributed by atoms with Crippen LogP contribution in [-0.2, 0) is 17.5 Å². The molecule has 2 N–H and O–H groups in total. The molecule has 0 saturated heterocycles. The monoisotopic (exact) mass is 498 g/mol. The first kappa shape index (κ1) is 23.5. The molecule has 1 aliphatic carbocycles. The quantitative estimate of drug-likeness (QED) is 0.372. The molecule has 0 spiro atoms. The smallest absolute Gasteiger partial charge is 0.354 e. The predicted molar refractivity (Wildman–Crippen MR) is 110 cm³/mol. The lowest BCUT2D eigenvalue weighted by atomic mass is 10.1. The van der Waals surface area contributed by atoms with Gasteiger partial charge in [0.15, 0.2) is 5.96 Å². The number of guanidine groups is 1. The van der Waals surface area contributed by atoms with Crippen molar-refractivity contribution in [1.82, 2.24) is 15.5 Å². The second-order valence-electron chi connectivity index (χ2n) is 6.63. The zero-order valence-electron chi connectivity index (χ0n) is 15.5. The van der Waals surface area contributed by atoms with E-state index in [-0.39, 0.29) is 49.0 Å². The number of halogens is 4. The molecule has 0 unspecified atom stereocenters. The lowest BCUT2D eigenvalue weighted by Crippen LogP contribution is -2.46. The third kappa shape index (κ3) is 7.94. The number of carbonyl (C=O) groups excluding carboxylic acids is 1. The third-order valence-electron chi connectivity index (χ3n) is 4.28. The third-order valence-corrected chi connectivity index (χ3v) is 4.28. The molecule has 0 bridgehead atoms. The normalized spacial score (nSPS) is 15.2. The lowest BCUT2D eigenvalue weighted by molar-refractivity contribution is -0.137. The Morgan fingerprint density at radius 2 is 1.93 bits per heavy atom. The standard InChI is InChI=1S/C18H25F3N4O.HI/c1-25(2)16(26)12-23-17(24-15-8-3-4-9-15)22-11-13-6-5-7-14(10-13)18(19,20)21;/h5-7,10,15H,3-4,8-9,11-12H2,1-2H3,(H2,22,23,24);1H. The summed E-state index contributed by atoms with van der Waals surface area (Å²) < 4.78 is 38.5. The van der Waals surface area contributed by atoms with Gasteiger partial charge in [0.25, 0.3) is 0 Å². The van der Waals surface area contributed by atoms with Gasteiger partial charge < -0.3 is 15.5 Å². The highest BCUT2D eigenvalue weighted by molar-refractivity contribution is 14.0. The number of aliphatic imine (C=N–C) groups is 1. The van der Waals surface area contributed by atoms with Crippen LogP contribution in [0.15, 0.2) is 29.3 Å². The van der Waals surface area contributed by atoms with Gasteiger partial charge in [-0.25, -0.2) is 4.99 Å². The Bertz CT molecular complexity index is 644. The summed E-state index contributed by atoms with van der Waals surface area (Å²) in [6, 6.07) is 5.40. The molecule has 1 fully saturated rings. The van der Waals surface area contributed by atoms with Crippen LogP contribution in [-0.4, -0.2) is 43.4 Å². The maximum Gasteiger partial charge on any atom is 0.416 e. The number of hydrogen-bond acceptors (Lipinski definition) is 2. The number of rotatable bonds is 5. The minimum atomic E-state index is -4.37. The molecule has 27 heavy (non-hydrogen) atoms. The van der Waals surface area contributed by atoms with Crippen LogP contribution in [0.5, 0.6) is 0 Å². The lowest BCUT2D eigenvalue weighted by Gasteiger charge is -2.18. The molecule has 1 aromatic carbocycles. The van der Waals surface area contributed by atoms with Crippen LogP contribution >= 0.6 is 24.0 Å². The van der Waals surface area contributed by atoms with E-state index in [4.69, 9.17) is 0 Å². The van der Waals surface area contributed by atoms with E-state index in [0.717, 1.165) is 37.8 Å². The van der Waals surface area contributed by atoms with Crippen molar-refractivity contribution in [3.63, 3.8) is 0 Å². The van der Waals surface area contributed by atoms with E-state index in [1.165, 1.54) is 11.0 Å². The maximum absolute atomic E-state index is 12.8. The Labute approximate surface area is 174 Å². The van der Waals surface area contributed by atoms with Crippen molar-refractivity contribution < 1.29 is 18.0 Å². The fraction of sp³-hybridized carbons (Fsp3) is 0.556. The number of amides is 1. The topological polar surface area (TPSA) is 56.7 Å². The summed E-state index contributed by atoms with van der Waals surface area (Å²) in [5, 5.41) is 6.24. The van der Waals surface area contributed by atoms with Gasteiger partial charge in [0.05, 0.1) is 18.7 Å². The summed E-state index contributed by atoms with van der Waals surface area (Å²) in [6.45, 7) is 0.177. The predicted octanol–water partition coefficient (Wildman–Crippen LogP) is 3.39. The Hall–Kier alpha value is -1.52. The van der Waals surface area contributed by atoms with Crippen LogP contribution in [0.2, 0.25) is 0 Å². The molecule has 0 aliphatic heterocycles. The molecule has 9 heteroatoms. The Morgan fingerprint density at radius 1 is 1.26 bits per heavy atom. The summed E-state index contributed by atoms with van der Waals surface area (Å²) in [5.74, 6) is 0.342. The summed E-state index contributed by atoms with van der Waals surface area (Å²) in [4.78, 5) is 17.6. The van der Waals surface area contributed by atoms with Crippen LogP contribution in [0, 0.1) is 0 Å². The van der Waals surface area contributed by atoms with Gasteiger partial charge in [0.1, 0.15) is 0 Å². The largest absolute Gasteiger partial charge is 0.416 e. The van der Waals surface area contributed by atoms with Gasteiger partial charge in [-0.1, -0.05) is 25.0 Å². The van der Waals surface area contributed by atoms with Crippen LogP contribution in [0.4, 0.5) is 13.2 Å². The van der Waals surface area contributed by atoms with Gasteiger partial charge in [-0.2, -0.15) is 13.2 Å².